The van der Waals surface area contributed by atoms with Gasteiger partial charge in [-0.2, -0.15) is 0 Å². The Morgan fingerprint density at radius 1 is 1.22 bits per heavy atom. The number of hydrogen-bond donors (Lipinski definition) is 4. The molecule has 0 fully saturated rings. The highest BCUT2D eigenvalue weighted by Crippen LogP contribution is 2.24. The van der Waals surface area contributed by atoms with Gasteiger partial charge in [0.15, 0.2) is 0 Å². The van der Waals surface area contributed by atoms with Gasteiger partial charge < -0.3 is 25.7 Å². The summed E-state index contributed by atoms with van der Waals surface area (Å²) in [6.07, 6.45) is -0.283. The van der Waals surface area contributed by atoms with Crippen molar-refractivity contribution in [3.05, 3.63) is 28.2 Å². The van der Waals surface area contributed by atoms with Crippen LogP contribution in [0, 0.1) is 0 Å². The van der Waals surface area contributed by atoms with Crippen LogP contribution in [0.4, 0.5) is 4.79 Å². The highest BCUT2D eigenvalue weighted by molar-refractivity contribution is 9.10. The first-order valence-corrected chi connectivity index (χ1v) is 11.4. The summed E-state index contributed by atoms with van der Waals surface area (Å²) < 4.78 is 5.24. The predicted octanol–water partition coefficient (Wildman–Crippen LogP) is 2.77. The Morgan fingerprint density at radius 2 is 1.89 bits per heavy atom. The molecule has 0 unspecified atom stereocenters. The fourth-order valence-electron chi connectivity index (χ4n) is 1.82. The highest BCUT2D eigenvalue weighted by Gasteiger charge is 2.13. The maximum atomic E-state index is 12.1. The van der Waals surface area contributed by atoms with Crippen LogP contribution in [0.25, 0.3) is 0 Å². The Morgan fingerprint density at radius 3 is 2.48 bits per heavy atom. The standard InChI is InChI=1S/C16H22BrN3O5S2/c1-2-25-16(23)19-6-8-27-26-7-5-18-15(22)13(20-24)10-11-3-4-14(21)12(17)9-11/h3-4,9,21,24H,2,5-8,10H2,1H3,(H,18,22)(H,19,23)/b20-13-. The molecule has 4 N–H and O–H groups in total. The van der Waals surface area contributed by atoms with Crippen molar-refractivity contribution in [1.82, 2.24) is 10.6 Å². The van der Waals surface area contributed by atoms with E-state index in [1.165, 1.54) is 6.07 Å². The molecule has 27 heavy (non-hydrogen) atoms. The summed E-state index contributed by atoms with van der Waals surface area (Å²) in [6, 6.07) is 4.80. The first-order valence-electron chi connectivity index (χ1n) is 8.09. The van der Waals surface area contributed by atoms with Crippen molar-refractivity contribution in [2.45, 2.75) is 13.3 Å². The lowest BCUT2D eigenvalue weighted by molar-refractivity contribution is -0.114. The average Bonchev–Trinajstić information content (AvgIpc) is 2.64. The number of amides is 2. The summed E-state index contributed by atoms with van der Waals surface area (Å²) in [5.74, 6) is 1.03. The fraction of sp³-hybridized carbons (Fsp3) is 0.438. The van der Waals surface area contributed by atoms with Crippen LogP contribution >= 0.6 is 37.5 Å². The second kappa shape index (κ2) is 13.6. The van der Waals surface area contributed by atoms with Crippen molar-refractivity contribution in [2.75, 3.05) is 31.2 Å². The van der Waals surface area contributed by atoms with Crippen LogP contribution in [0.15, 0.2) is 27.8 Å². The normalized spacial score (nSPS) is 11.1. The van der Waals surface area contributed by atoms with Gasteiger partial charge in [0, 0.05) is 31.0 Å². The minimum atomic E-state index is -0.448. The van der Waals surface area contributed by atoms with Gasteiger partial charge in [0.25, 0.3) is 5.91 Å². The van der Waals surface area contributed by atoms with E-state index in [9.17, 15) is 14.7 Å². The maximum Gasteiger partial charge on any atom is 0.407 e. The van der Waals surface area contributed by atoms with E-state index < -0.39 is 12.0 Å². The molecule has 150 valence electrons. The van der Waals surface area contributed by atoms with Crippen LogP contribution in [-0.4, -0.2) is 59.2 Å². The molecule has 0 aliphatic carbocycles. The van der Waals surface area contributed by atoms with Crippen molar-refractivity contribution in [3.63, 3.8) is 0 Å². The number of aromatic hydroxyl groups is 1. The number of ether oxygens (including phenoxy) is 1. The second-order valence-corrected chi connectivity index (χ2v) is 8.61. The van der Waals surface area contributed by atoms with E-state index in [-0.39, 0.29) is 17.9 Å². The molecular formula is C16H22BrN3O5S2. The van der Waals surface area contributed by atoms with E-state index in [0.29, 0.717) is 29.9 Å². The Hall–Kier alpha value is -1.59. The lowest BCUT2D eigenvalue weighted by Gasteiger charge is -2.08. The zero-order chi connectivity index (χ0) is 20.1. The Balaban J connectivity index is 2.21. The molecule has 0 aliphatic heterocycles. The van der Waals surface area contributed by atoms with Gasteiger partial charge in [0.05, 0.1) is 11.1 Å². The Bertz CT molecular complexity index is 661. The summed E-state index contributed by atoms with van der Waals surface area (Å²) >= 11 is 3.20. The summed E-state index contributed by atoms with van der Waals surface area (Å²) in [5, 5.41) is 26.9. The summed E-state index contributed by atoms with van der Waals surface area (Å²) in [4.78, 5) is 23.1. The van der Waals surface area contributed by atoms with E-state index in [1.807, 2.05) is 0 Å². The molecule has 8 nitrogen and oxygen atoms in total. The number of phenolic OH excluding ortho intramolecular Hbond substituents is 1. The third-order valence-electron chi connectivity index (χ3n) is 3.05. The number of nitrogens with zero attached hydrogens (tertiary/aromatic N) is 1. The molecule has 0 saturated heterocycles. The van der Waals surface area contributed by atoms with Gasteiger partial charge in [-0.15, -0.1) is 0 Å². The van der Waals surface area contributed by atoms with Gasteiger partial charge in [-0.1, -0.05) is 32.8 Å². The van der Waals surface area contributed by atoms with E-state index >= 15 is 0 Å². The van der Waals surface area contributed by atoms with E-state index in [1.54, 1.807) is 40.6 Å². The van der Waals surface area contributed by atoms with E-state index in [2.05, 4.69) is 31.7 Å². The molecule has 0 aliphatic rings. The van der Waals surface area contributed by atoms with Gasteiger partial charge in [-0.05, 0) is 40.5 Å². The number of phenols is 1. The number of carbonyl (C=O) groups is 2. The Kier molecular flexibility index (Phi) is 11.8. The minimum absolute atomic E-state index is 0.0103. The molecule has 0 heterocycles. The van der Waals surface area contributed by atoms with Crippen molar-refractivity contribution < 1.29 is 24.6 Å². The molecule has 1 aromatic rings. The fourth-order valence-corrected chi connectivity index (χ4v) is 4.06. The number of nitrogens with one attached hydrogen (secondary N) is 2. The van der Waals surface area contributed by atoms with Gasteiger partial charge in [-0.25, -0.2) is 4.79 Å². The van der Waals surface area contributed by atoms with E-state index in [0.717, 1.165) is 11.3 Å². The van der Waals surface area contributed by atoms with Crippen LogP contribution in [-0.2, 0) is 16.0 Å². The predicted molar refractivity (Wildman–Crippen MR) is 112 cm³/mol. The molecule has 0 saturated carbocycles. The molecule has 1 aromatic carbocycles. The van der Waals surface area contributed by atoms with Crippen LogP contribution in [0.1, 0.15) is 12.5 Å². The first kappa shape index (κ1) is 23.4. The second-order valence-electron chi connectivity index (χ2n) is 5.06. The molecule has 11 heteroatoms. The number of rotatable bonds is 11. The third kappa shape index (κ3) is 9.78. The maximum absolute atomic E-state index is 12.1. The van der Waals surface area contributed by atoms with Crippen LogP contribution in [0.2, 0.25) is 0 Å². The zero-order valence-corrected chi connectivity index (χ0v) is 18.0. The molecular weight excluding hydrogens is 458 g/mol. The van der Waals surface area contributed by atoms with E-state index in [4.69, 9.17) is 9.94 Å². The van der Waals surface area contributed by atoms with Gasteiger partial charge in [0.1, 0.15) is 11.5 Å². The van der Waals surface area contributed by atoms with Crippen molar-refractivity contribution in [3.8, 4) is 5.75 Å². The molecule has 2 amide bonds. The van der Waals surface area contributed by atoms with Gasteiger partial charge in [0.2, 0.25) is 0 Å². The summed E-state index contributed by atoms with van der Waals surface area (Å²) in [7, 11) is 3.13. The molecule has 0 spiro atoms. The number of benzene rings is 1. The number of carbonyl (C=O) groups excluding carboxylic acids is 2. The average molecular weight is 480 g/mol. The lowest BCUT2D eigenvalue weighted by Crippen LogP contribution is -2.33. The van der Waals surface area contributed by atoms with Crippen molar-refractivity contribution >= 4 is 55.2 Å². The summed E-state index contributed by atoms with van der Waals surface area (Å²) in [5.41, 5.74) is 0.713. The Labute approximate surface area is 174 Å². The smallest absolute Gasteiger partial charge is 0.407 e. The number of hydrogen-bond acceptors (Lipinski definition) is 8. The van der Waals surface area contributed by atoms with Crippen LogP contribution in [0.3, 0.4) is 0 Å². The van der Waals surface area contributed by atoms with Crippen LogP contribution in [0.5, 0.6) is 5.75 Å². The number of oxime groups is 1. The first-order chi connectivity index (χ1) is 13.0. The number of halogens is 1. The topological polar surface area (TPSA) is 120 Å². The van der Waals surface area contributed by atoms with Crippen LogP contribution < -0.4 is 10.6 Å². The lowest BCUT2D eigenvalue weighted by atomic mass is 10.1. The monoisotopic (exact) mass is 479 g/mol. The molecule has 0 atom stereocenters. The SMILES string of the molecule is CCOC(=O)NCCSSCCNC(=O)/C(Cc1ccc(O)c(Br)c1)=N\O. The quantitative estimate of drug-likeness (QED) is 0.126. The third-order valence-corrected chi connectivity index (χ3v) is 6.09. The van der Waals surface area contributed by atoms with Gasteiger partial charge >= 0.3 is 6.09 Å². The molecule has 1 rings (SSSR count). The zero-order valence-electron chi connectivity index (χ0n) is 14.7. The molecule has 0 radical (unpaired) electrons. The number of alkyl carbamates (subject to hydrolysis) is 1. The molecule has 0 bridgehead atoms. The van der Waals surface area contributed by atoms with Crippen molar-refractivity contribution in [1.29, 1.82) is 0 Å². The van der Waals surface area contributed by atoms with Gasteiger partial charge in [-0.3, -0.25) is 4.79 Å². The minimum Gasteiger partial charge on any atom is -0.507 e. The summed E-state index contributed by atoms with van der Waals surface area (Å²) in [6.45, 7) is 3.01. The largest absolute Gasteiger partial charge is 0.507 e. The molecule has 0 aromatic heterocycles. The highest BCUT2D eigenvalue weighted by atomic mass is 79.9. The van der Waals surface area contributed by atoms with Crippen molar-refractivity contribution in [2.24, 2.45) is 5.16 Å².